The molecule has 1 fully saturated rings. The van der Waals surface area contributed by atoms with Crippen LogP contribution in [0.25, 0.3) is 0 Å². The number of hydrogen-bond donors (Lipinski definition) is 0. The lowest BCUT2D eigenvalue weighted by atomic mass is 9.94. The fourth-order valence-corrected chi connectivity index (χ4v) is 2.38. The van der Waals surface area contributed by atoms with Crippen molar-refractivity contribution in [2.75, 3.05) is 20.1 Å². The van der Waals surface area contributed by atoms with Crippen molar-refractivity contribution in [3.63, 3.8) is 0 Å². The Morgan fingerprint density at radius 1 is 1.47 bits per heavy atom. The van der Waals surface area contributed by atoms with Gasteiger partial charge < -0.3 is 4.90 Å². The van der Waals surface area contributed by atoms with Gasteiger partial charge >= 0.3 is 0 Å². The van der Waals surface area contributed by atoms with E-state index in [1.54, 1.807) is 6.20 Å². The van der Waals surface area contributed by atoms with Gasteiger partial charge in [0, 0.05) is 12.7 Å². The predicted molar refractivity (Wildman–Crippen MR) is 63.7 cm³/mol. The van der Waals surface area contributed by atoms with Crippen LogP contribution in [0.1, 0.15) is 18.5 Å². The molecule has 1 atom stereocenters. The highest BCUT2D eigenvalue weighted by molar-refractivity contribution is 9.10. The highest BCUT2D eigenvalue weighted by atomic mass is 79.9. The van der Waals surface area contributed by atoms with E-state index in [2.05, 4.69) is 37.8 Å². The molecule has 3 nitrogen and oxygen atoms in total. The van der Waals surface area contributed by atoms with Gasteiger partial charge in [0.05, 0.1) is 11.9 Å². The Balaban J connectivity index is 1.93. The predicted octanol–water partition coefficient (Wildman–Crippen LogP) is 2.12. The first-order valence-corrected chi connectivity index (χ1v) is 6.18. The summed E-state index contributed by atoms with van der Waals surface area (Å²) in [6.07, 6.45) is 7.35. The first kappa shape index (κ1) is 11.0. The maximum atomic E-state index is 4.37. The van der Waals surface area contributed by atoms with E-state index < -0.39 is 0 Å². The van der Waals surface area contributed by atoms with E-state index in [0.29, 0.717) is 0 Å². The summed E-state index contributed by atoms with van der Waals surface area (Å²) in [4.78, 5) is 11.0. The zero-order chi connectivity index (χ0) is 10.7. The molecule has 0 radical (unpaired) electrons. The monoisotopic (exact) mass is 269 g/mol. The maximum absolute atomic E-state index is 4.37. The van der Waals surface area contributed by atoms with Crippen LogP contribution in [0.2, 0.25) is 0 Å². The summed E-state index contributed by atoms with van der Waals surface area (Å²) in [5.74, 6) is 0.749. The number of hydrogen-bond acceptors (Lipinski definition) is 3. The van der Waals surface area contributed by atoms with Gasteiger partial charge in [0.25, 0.3) is 0 Å². The van der Waals surface area contributed by atoms with Gasteiger partial charge in [-0.3, -0.25) is 4.98 Å². The molecule has 0 spiro atoms. The summed E-state index contributed by atoms with van der Waals surface area (Å²) in [6, 6.07) is 0. The molecule has 0 aromatic carbocycles. The average molecular weight is 270 g/mol. The second-order valence-electron chi connectivity index (χ2n) is 4.31. The number of nitrogens with zero attached hydrogens (tertiary/aromatic N) is 3. The normalized spacial score (nSPS) is 22.9. The number of aromatic nitrogens is 2. The minimum Gasteiger partial charge on any atom is -0.306 e. The summed E-state index contributed by atoms with van der Waals surface area (Å²) in [6.45, 7) is 2.43. The van der Waals surface area contributed by atoms with Crippen molar-refractivity contribution in [1.82, 2.24) is 14.9 Å². The third-order valence-electron chi connectivity index (χ3n) is 2.89. The van der Waals surface area contributed by atoms with Crippen LogP contribution in [-0.4, -0.2) is 35.0 Å². The topological polar surface area (TPSA) is 29.0 Å². The smallest absolute Gasteiger partial charge is 0.124 e. The molecule has 0 unspecified atom stereocenters. The molecule has 1 aromatic rings. The minimum atomic E-state index is 0.749. The van der Waals surface area contributed by atoms with Crippen LogP contribution in [0.15, 0.2) is 17.0 Å². The molecule has 1 aliphatic rings. The lowest BCUT2D eigenvalue weighted by Gasteiger charge is -2.29. The Morgan fingerprint density at radius 3 is 3.00 bits per heavy atom. The molecular weight excluding hydrogens is 254 g/mol. The molecule has 1 aliphatic heterocycles. The second-order valence-corrected chi connectivity index (χ2v) is 5.12. The van der Waals surface area contributed by atoms with Gasteiger partial charge in [-0.05, 0) is 54.7 Å². The molecule has 1 saturated heterocycles. The number of halogens is 1. The van der Waals surface area contributed by atoms with E-state index >= 15 is 0 Å². The maximum Gasteiger partial charge on any atom is 0.124 e. The van der Waals surface area contributed by atoms with E-state index in [1.165, 1.54) is 25.9 Å². The number of likely N-dealkylation sites (tertiary alicyclic amines) is 1. The molecule has 2 heterocycles. The molecule has 15 heavy (non-hydrogen) atoms. The zero-order valence-electron chi connectivity index (χ0n) is 8.99. The first-order valence-electron chi connectivity index (χ1n) is 5.39. The molecule has 0 amide bonds. The third-order valence-corrected chi connectivity index (χ3v) is 3.30. The van der Waals surface area contributed by atoms with Gasteiger partial charge in [-0.2, -0.15) is 0 Å². The Morgan fingerprint density at radius 2 is 2.33 bits per heavy atom. The summed E-state index contributed by atoms with van der Waals surface area (Å²) < 4.78 is 0.812. The Labute approximate surface area is 99.0 Å². The summed E-state index contributed by atoms with van der Waals surface area (Å²) in [5.41, 5.74) is 1.11. The standard InChI is InChI=1S/C11H16BrN3/c1-15-4-2-3-9(8-15)5-10-6-14-11(12)7-13-10/h6-7,9H,2-5,8H2,1H3/t9-/m0/s1. The fraction of sp³-hybridized carbons (Fsp3) is 0.636. The first-order chi connectivity index (χ1) is 7.24. The Bertz CT molecular complexity index is 312. The summed E-state index contributed by atoms with van der Waals surface area (Å²) in [7, 11) is 2.19. The zero-order valence-corrected chi connectivity index (χ0v) is 10.6. The summed E-state index contributed by atoms with van der Waals surface area (Å²) in [5, 5.41) is 0. The van der Waals surface area contributed by atoms with Crippen molar-refractivity contribution in [2.45, 2.75) is 19.3 Å². The minimum absolute atomic E-state index is 0.749. The molecule has 0 aliphatic carbocycles. The number of rotatable bonds is 2. The van der Waals surface area contributed by atoms with Crippen LogP contribution in [0, 0.1) is 5.92 Å². The van der Waals surface area contributed by atoms with E-state index in [-0.39, 0.29) is 0 Å². The molecule has 4 heteroatoms. The van der Waals surface area contributed by atoms with E-state index in [0.717, 1.165) is 22.6 Å². The fourth-order valence-electron chi connectivity index (χ4n) is 2.18. The van der Waals surface area contributed by atoms with E-state index in [4.69, 9.17) is 0 Å². The highest BCUT2D eigenvalue weighted by Gasteiger charge is 2.17. The quantitative estimate of drug-likeness (QED) is 0.824. The molecule has 1 aromatic heterocycles. The van der Waals surface area contributed by atoms with E-state index in [1.807, 2.05) is 6.20 Å². The van der Waals surface area contributed by atoms with Crippen LogP contribution in [0.3, 0.4) is 0 Å². The van der Waals surface area contributed by atoms with E-state index in [9.17, 15) is 0 Å². The average Bonchev–Trinajstić information content (AvgIpc) is 2.22. The lowest BCUT2D eigenvalue weighted by Crippen LogP contribution is -2.33. The number of piperidine rings is 1. The lowest BCUT2D eigenvalue weighted by molar-refractivity contribution is 0.208. The summed E-state index contributed by atoms with van der Waals surface area (Å²) >= 11 is 3.30. The third kappa shape index (κ3) is 3.24. The largest absolute Gasteiger partial charge is 0.306 e. The molecule has 0 N–H and O–H groups in total. The van der Waals surface area contributed by atoms with Gasteiger partial charge in [-0.25, -0.2) is 4.98 Å². The van der Waals surface area contributed by atoms with Crippen molar-refractivity contribution < 1.29 is 0 Å². The van der Waals surface area contributed by atoms with Gasteiger partial charge in [-0.15, -0.1) is 0 Å². The van der Waals surface area contributed by atoms with Crippen LogP contribution < -0.4 is 0 Å². The highest BCUT2D eigenvalue weighted by Crippen LogP contribution is 2.18. The van der Waals surface area contributed by atoms with Crippen LogP contribution in [0.4, 0.5) is 0 Å². The van der Waals surface area contributed by atoms with Gasteiger partial charge in [0.15, 0.2) is 0 Å². The van der Waals surface area contributed by atoms with Crippen molar-refractivity contribution >= 4 is 15.9 Å². The molecule has 0 saturated carbocycles. The molecule has 2 rings (SSSR count). The van der Waals surface area contributed by atoms with Crippen molar-refractivity contribution in [3.05, 3.63) is 22.7 Å². The second kappa shape index (κ2) is 5.03. The van der Waals surface area contributed by atoms with Gasteiger partial charge in [-0.1, -0.05) is 0 Å². The SMILES string of the molecule is CN1CCC[C@@H](Cc2cnc(Br)cn2)C1. The van der Waals surface area contributed by atoms with Crippen molar-refractivity contribution in [3.8, 4) is 0 Å². The van der Waals surface area contributed by atoms with Crippen LogP contribution in [-0.2, 0) is 6.42 Å². The Kier molecular flexibility index (Phi) is 3.70. The molecule has 0 bridgehead atoms. The van der Waals surface area contributed by atoms with Crippen molar-refractivity contribution in [1.29, 1.82) is 0 Å². The van der Waals surface area contributed by atoms with Gasteiger partial charge in [0.2, 0.25) is 0 Å². The molecular formula is C11H16BrN3. The van der Waals surface area contributed by atoms with Crippen LogP contribution in [0.5, 0.6) is 0 Å². The molecule has 82 valence electrons. The van der Waals surface area contributed by atoms with Crippen LogP contribution >= 0.6 is 15.9 Å². The van der Waals surface area contributed by atoms with Crippen molar-refractivity contribution in [2.24, 2.45) is 5.92 Å². The Hall–Kier alpha value is -0.480. The van der Waals surface area contributed by atoms with Gasteiger partial charge in [0.1, 0.15) is 4.60 Å².